The molecule has 0 fully saturated rings. The van der Waals surface area contributed by atoms with Gasteiger partial charge in [-0.1, -0.05) is 18.2 Å². The average Bonchev–Trinajstić information content (AvgIpc) is 2.26. The van der Waals surface area contributed by atoms with Gasteiger partial charge >= 0.3 is 0 Å². The zero-order chi connectivity index (χ0) is 10.7. The predicted molar refractivity (Wildman–Crippen MR) is 57.8 cm³/mol. The van der Waals surface area contributed by atoms with Crippen molar-refractivity contribution in [2.75, 3.05) is 0 Å². The first kappa shape index (κ1) is 9.33. The first-order valence-corrected chi connectivity index (χ1v) is 4.43. The highest BCUT2D eigenvalue weighted by atomic mass is 16.6. The summed E-state index contributed by atoms with van der Waals surface area (Å²) in [4.78, 5) is 13.9. The van der Waals surface area contributed by atoms with Gasteiger partial charge in [0.15, 0.2) is 0 Å². The normalized spacial score (nSPS) is 10.9. The highest BCUT2D eigenvalue weighted by molar-refractivity contribution is 5.87. The van der Waals surface area contributed by atoms with Gasteiger partial charge < -0.3 is 0 Å². The molecule has 15 heavy (non-hydrogen) atoms. The monoisotopic (exact) mass is 200 g/mol. The molecule has 0 bridgehead atoms. The number of aromatic nitrogens is 1. The third-order valence-electron chi connectivity index (χ3n) is 2.06. The van der Waals surface area contributed by atoms with E-state index in [1.54, 1.807) is 6.20 Å². The zero-order valence-electron chi connectivity index (χ0n) is 7.83. The molecule has 0 spiro atoms. The maximum absolute atomic E-state index is 10.2. The van der Waals surface area contributed by atoms with Crippen LogP contribution in [0, 0.1) is 10.1 Å². The molecule has 0 N–H and O–H groups in total. The van der Waals surface area contributed by atoms with Crippen LogP contribution in [0.3, 0.4) is 0 Å². The summed E-state index contributed by atoms with van der Waals surface area (Å²) in [5, 5.41) is 11.1. The second-order valence-electron chi connectivity index (χ2n) is 3.02. The van der Waals surface area contributed by atoms with Crippen LogP contribution in [0.2, 0.25) is 0 Å². The predicted octanol–water partition coefficient (Wildman–Crippen LogP) is 2.48. The molecule has 4 heteroatoms. The number of pyridine rings is 1. The summed E-state index contributed by atoms with van der Waals surface area (Å²) in [6.45, 7) is 0. The van der Waals surface area contributed by atoms with Gasteiger partial charge in [-0.05, 0) is 17.7 Å². The maximum Gasteiger partial charge on any atom is 0.235 e. The molecule has 1 aromatic heterocycles. The van der Waals surface area contributed by atoms with E-state index in [0.29, 0.717) is 0 Å². The number of hydrogen-bond acceptors (Lipinski definition) is 3. The van der Waals surface area contributed by atoms with Crippen LogP contribution in [0.5, 0.6) is 0 Å². The molecular formula is C11H8N2O2. The molecule has 2 aromatic rings. The van der Waals surface area contributed by atoms with Crippen LogP contribution in [-0.4, -0.2) is 9.91 Å². The fraction of sp³-hybridized carbons (Fsp3) is 0. The summed E-state index contributed by atoms with van der Waals surface area (Å²) in [6.07, 6.45) is 4.11. The maximum atomic E-state index is 10.2. The number of benzene rings is 1. The molecule has 0 saturated heterocycles. The van der Waals surface area contributed by atoms with Crippen molar-refractivity contribution in [2.45, 2.75) is 0 Å². The summed E-state index contributed by atoms with van der Waals surface area (Å²) in [7, 11) is 0. The van der Waals surface area contributed by atoms with Crippen molar-refractivity contribution in [3.8, 4) is 0 Å². The highest BCUT2D eigenvalue weighted by Crippen LogP contribution is 2.17. The standard InChI is InChI=1S/C11H8N2O2/c14-13(15)8-6-9-3-1-5-11-10(9)4-2-7-12-11/h1-8H/b8-6+. The van der Waals surface area contributed by atoms with E-state index >= 15 is 0 Å². The van der Waals surface area contributed by atoms with Gasteiger partial charge in [0.1, 0.15) is 0 Å². The second kappa shape index (κ2) is 3.88. The van der Waals surface area contributed by atoms with E-state index in [1.807, 2.05) is 30.3 Å². The number of nitrogens with zero attached hydrogens (tertiary/aromatic N) is 2. The molecule has 0 saturated carbocycles. The van der Waals surface area contributed by atoms with Crippen LogP contribution in [0.25, 0.3) is 17.0 Å². The summed E-state index contributed by atoms with van der Waals surface area (Å²) in [5.74, 6) is 0. The van der Waals surface area contributed by atoms with Gasteiger partial charge in [-0.15, -0.1) is 0 Å². The topological polar surface area (TPSA) is 56.0 Å². The molecule has 4 nitrogen and oxygen atoms in total. The van der Waals surface area contributed by atoms with E-state index in [2.05, 4.69) is 4.98 Å². The molecule has 74 valence electrons. The number of fused-ring (bicyclic) bond motifs is 1. The zero-order valence-corrected chi connectivity index (χ0v) is 7.83. The Morgan fingerprint density at radius 3 is 2.93 bits per heavy atom. The molecule has 0 aliphatic rings. The molecule has 1 aromatic carbocycles. The lowest BCUT2D eigenvalue weighted by molar-refractivity contribution is -0.400. The lowest BCUT2D eigenvalue weighted by Crippen LogP contribution is -1.84. The summed E-state index contributed by atoms with van der Waals surface area (Å²) < 4.78 is 0. The largest absolute Gasteiger partial charge is 0.259 e. The molecule has 2 rings (SSSR count). The Morgan fingerprint density at radius 2 is 2.13 bits per heavy atom. The Balaban J connectivity index is 2.56. The Kier molecular flexibility index (Phi) is 2.41. The van der Waals surface area contributed by atoms with E-state index in [-0.39, 0.29) is 0 Å². The minimum atomic E-state index is -0.477. The fourth-order valence-electron chi connectivity index (χ4n) is 1.41. The van der Waals surface area contributed by atoms with Crippen molar-refractivity contribution < 1.29 is 4.92 Å². The van der Waals surface area contributed by atoms with Gasteiger partial charge in [0, 0.05) is 17.7 Å². The van der Waals surface area contributed by atoms with Crippen molar-refractivity contribution >= 4 is 17.0 Å². The van der Waals surface area contributed by atoms with E-state index in [0.717, 1.165) is 22.7 Å². The van der Waals surface area contributed by atoms with Crippen LogP contribution in [-0.2, 0) is 0 Å². The first-order chi connectivity index (χ1) is 7.27. The molecule has 0 amide bonds. The van der Waals surface area contributed by atoms with Crippen molar-refractivity contribution in [1.29, 1.82) is 0 Å². The van der Waals surface area contributed by atoms with Crippen LogP contribution >= 0.6 is 0 Å². The molecule has 1 heterocycles. The Labute approximate surface area is 86.0 Å². The third kappa shape index (κ3) is 1.99. The molecule has 0 unspecified atom stereocenters. The van der Waals surface area contributed by atoms with Gasteiger partial charge in [0.2, 0.25) is 6.20 Å². The van der Waals surface area contributed by atoms with Gasteiger partial charge in [0.25, 0.3) is 0 Å². The van der Waals surface area contributed by atoms with Crippen LogP contribution in [0.4, 0.5) is 0 Å². The first-order valence-electron chi connectivity index (χ1n) is 4.43. The number of hydrogen-bond donors (Lipinski definition) is 0. The molecule has 0 aliphatic carbocycles. The average molecular weight is 200 g/mol. The minimum Gasteiger partial charge on any atom is -0.259 e. The summed E-state index contributed by atoms with van der Waals surface area (Å²) >= 11 is 0. The highest BCUT2D eigenvalue weighted by Gasteiger charge is 1.98. The van der Waals surface area contributed by atoms with Gasteiger partial charge in [-0.2, -0.15) is 0 Å². The number of rotatable bonds is 2. The number of nitro groups is 1. The van der Waals surface area contributed by atoms with E-state index in [9.17, 15) is 10.1 Å². The second-order valence-corrected chi connectivity index (χ2v) is 3.02. The van der Waals surface area contributed by atoms with Crippen molar-refractivity contribution in [3.63, 3.8) is 0 Å². The summed E-state index contributed by atoms with van der Waals surface area (Å²) in [6, 6.07) is 9.23. The minimum absolute atomic E-state index is 0.477. The third-order valence-corrected chi connectivity index (χ3v) is 2.06. The van der Waals surface area contributed by atoms with Crippen LogP contribution in [0.15, 0.2) is 42.7 Å². The molecule has 0 aliphatic heterocycles. The van der Waals surface area contributed by atoms with E-state index in [1.165, 1.54) is 6.08 Å². The van der Waals surface area contributed by atoms with Crippen molar-refractivity contribution in [2.24, 2.45) is 0 Å². The van der Waals surface area contributed by atoms with Crippen molar-refractivity contribution in [1.82, 2.24) is 4.98 Å². The SMILES string of the molecule is O=[N+]([O-])/C=C/c1cccc2ncccc12. The quantitative estimate of drug-likeness (QED) is 0.552. The summed E-state index contributed by atoms with van der Waals surface area (Å²) in [5.41, 5.74) is 1.64. The Morgan fingerprint density at radius 1 is 1.27 bits per heavy atom. The van der Waals surface area contributed by atoms with E-state index in [4.69, 9.17) is 0 Å². The smallest absolute Gasteiger partial charge is 0.235 e. The molecule has 0 atom stereocenters. The van der Waals surface area contributed by atoms with Gasteiger partial charge in [-0.25, -0.2) is 0 Å². The van der Waals surface area contributed by atoms with Crippen LogP contribution < -0.4 is 0 Å². The Hall–Kier alpha value is -2.23. The molecule has 0 radical (unpaired) electrons. The fourth-order valence-corrected chi connectivity index (χ4v) is 1.41. The Bertz CT molecular complexity index is 530. The van der Waals surface area contributed by atoms with Crippen LogP contribution in [0.1, 0.15) is 5.56 Å². The van der Waals surface area contributed by atoms with Crippen molar-refractivity contribution in [3.05, 3.63) is 58.4 Å². The molecular weight excluding hydrogens is 192 g/mol. The lowest BCUT2D eigenvalue weighted by Gasteiger charge is -1.99. The van der Waals surface area contributed by atoms with Gasteiger partial charge in [0.05, 0.1) is 10.4 Å². The lowest BCUT2D eigenvalue weighted by atomic mass is 10.1. The van der Waals surface area contributed by atoms with E-state index < -0.39 is 4.92 Å². The van der Waals surface area contributed by atoms with Gasteiger partial charge in [-0.3, -0.25) is 15.1 Å².